The lowest BCUT2D eigenvalue weighted by Gasteiger charge is -2.42. The van der Waals surface area contributed by atoms with Gasteiger partial charge in [-0.2, -0.15) is 0 Å². The van der Waals surface area contributed by atoms with Crippen LogP contribution in [0.15, 0.2) is 91.0 Å². The molecule has 4 rings (SSSR count). The predicted octanol–water partition coefficient (Wildman–Crippen LogP) is 4.63. The number of hydrogen-bond acceptors (Lipinski definition) is 7. The lowest BCUT2D eigenvalue weighted by atomic mass is 10.0. The average Bonchev–Trinajstić information content (AvgIpc) is 2.93. The first-order valence-electron chi connectivity index (χ1n) is 11.5. The standard InChI is InChI=1S/C28H27ClO7/c1-32-28-25(36-27(31)21-15-9-4-10-16-21)24(35-26(30)20-13-7-3-8-14-20)23(29)22(34-28)18-33-17-19-11-5-2-6-12-19/h2-16,22-25,28H,17-18H2,1H3/t22-,23-,24+,25-,28+/m1/s1. The van der Waals surface area contributed by atoms with Crippen LogP contribution in [-0.4, -0.2) is 55.6 Å². The zero-order chi connectivity index (χ0) is 25.3. The maximum absolute atomic E-state index is 12.9. The Balaban J connectivity index is 1.53. The minimum Gasteiger partial charge on any atom is -0.453 e. The Morgan fingerprint density at radius 2 is 1.28 bits per heavy atom. The van der Waals surface area contributed by atoms with Gasteiger partial charge in [0.2, 0.25) is 0 Å². The molecule has 3 aromatic rings. The van der Waals surface area contributed by atoms with Crippen molar-refractivity contribution in [2.45, 2.75) is 36.6 Å². The summed E-state index contributed by atoms with van der Waals surface area (Å²) in [5.74, 6) is -1.22. The van der Waals surface area contributed by atoms with E-state index in [1.54, 1.807) is 60.7 Å². The molecule has 1 aliphatic heterocycles. The minimum absolute atomic E-state index is 0.113. The number of carbonyl (C=O) groups is 2. The van der Waals surface area contributed by atoms with E-state index in [1.165, 1.54) is 7.11 Å². The van der Waals surface area contributed by atoms with Crippen molar-refractivity contribution in [2.75, 3.05) is 13.7 Å². The average molecular weight is 511 g/mol. The van der Waals surface area contributed by atoms with Crippen LogP contribution in [0.2, 0.25) is 0 Å². The highest BCUT2D eigenvalue weighted by molar-refractivity contribution is 6.21. The monoisotopic (exact) mass is 510 g/mol. The Labute approximate surface area is 214 Å². The van der Waals surface area contributed by atoms with E-state index in [0.29, 0.717) is 17.7 Å². The number of carbonyl (C=O) groups excluding carboxylic acids is 2. The molecule has 7 nitrogen and oxygen atoms in total. The van der Waals surface area contributed by atoms with E-state index in [2.05, 4.69) is 0 Å². The summed E-state index contributed by atoms with van der Waals surface area (Å²) in [5.41, 5.74) is 1.66. The molecule has 1 heterocycles. The van der Waals surface area contributed by atoms with Crippen LogP contribution < -0.4 is 0 Å². The molecule has 1 fully saturated rings. The minimum atomic E-state index is -1.11. The molecule has 1 aliphatic rings. The molecule has 0 unspecified atom stereocenters. The smallest absolute Gasteiger partial charge is 0.338 e. The van der Waals surface area contributed by atoms with Gasteiger partial charge >= 0.3 is 11.9 Å². The summed E-state index contributed by atoms with van der Waals surface area (Å²) in [4.78, 5) is 25.8. The zero-order valence-corrected chi connectivity index (χ0v) is 20.5. The van der Waals surface area contributed by atoms with E-state index in [-0.39, 0.29) is 6.61 Å². The highest BCUT2D eigenvalue weighted by Crippen LogP contribution is 2.31. The first-order valence-corrected chi connectivity index (χ1v) is 12.0. The predicted molar refractivity (Wildman–Crippen MR) is 133 cm³/mol. The van der Waals surface area contributed by atoms with E-state index in [4.69, 9.17) is 35.3 Å². The van der Waals surface area contributed by atoms with Crippen molar-refractivity contribution >= 4 is 23.5 Å². The van der Waals surface area contributed by atoms with E-state index in [0.717, 1.165) is 5.56 Å². The van der Waals surface area contributed by atoms with Gasteiger partial charge < -0.3 is 23.7 Å². The highest BCUT2D eigenvalue weighted by atomic mass is 35.5. The van der Waals surface area contributed by atoms with Gasteiger partial charge in [-0.05, 0) is 29.8 Å². The van der Waals surface area contributed by atoms with E-state index < -0.39 is 41.9 Å². The number of rotatable bonds is 9. The summed E-state index contributed by atoms with van der Waals surface area (Å²) in [6.07, 6.45) is -3.90. The molecule has 0 saturated carbocycles. The van der Waals surface area contributed by atoms with Crippen LogP contribution in [0.25, 0.3) is 0 Å². The van der Waals surface area contributed by atoms with Gasteiger partial charge in [0.25, 0.3) is 0 Å². The summed E-state index contributed by atoms with van der Waals surface area (Å²) >= 11 is 6.78. The zero-order valence-electron chi connectivity index (χ0n) is 19.7. The molecule has 0 aliphatic carbocycles. The first-order chi connectivity index (χ1) is 17.6. The highest BCUT2D eigenvalue weighted by Gasteiger charge is 2.50. The topological polar surface area (TPSA) is 80.3 Å². The number of halogens is 1. The van der Waals surface area contributed by atoms with Crippen molar-refractivity contribution in [1.29, 1.82) is 0 Å². The van der Waals surface area contributed by atoms with Crippen LogP contribution in [0.3, 0.4) is 0 Å². The quantitative estimate of drug-likeness (QED) is 0.306. The van der Waals surface area contributed by atoms with Gasteiger partial charge in [0.05, 0.1) is 24.3 Å². The van der Waals surface area contributed by atoms with Crippen LogP contribution in [0.5, 0.6) is 0 Å². The third-order valence-corrected chi connectivity index (χ3v) is 6.23. The molecular weight excluding hydrogens is 484 g/mol. The Morgan fingerprint density at radius 1 is 0.778 bits per heavy atom. The molecule has 0 amide bonds. The SMILES string of the molecule is CO[C@H]1O[C@H](COCc2ccccc2)[C@@H](Cl)[C@H](OC(=O)c2ccccc2)[C@H]1OC(=O)c1ccccc1. The number of hydrogen-bond donors (Lipinski definition) is 0. The maximum Gasteiger partial charge on any atom is 0.338 e. The Hall–Kier alpha value is -3.23. The molecule has 0 aromatic heterocycles. The Bertz CT molecular complexity index is 1110. The molecule has 0 bridgehead atoms. The van der Waals surface area contributed by atoms with E-state index >= 15 is 0 Å². The van der Waals surface area contributed by atoms with Crippen molar-refractivity contribution in [3.63, 3.8) is 0 Å². The second-order valence-electron chi connectivity index (χ2n) is 8.20. The third-order valence-electron chi connectivity index (χ3n) is 5.70. The molecule has 1 saturated heterocycles. The molecule has 3 aromatic carbocycles. The van der Waals surface area contributed by atoms with E-state index in [9.17, 15) is 9.59 Å². The van der Waals surface area contributed by atoms with Crippen LogP contribution >= 0.6 is 11.6 Å². The van der Waals surface area contributed by atoms with Crippen molar-refractivity contribution in [3.8, 4) is 0 Å². The fourth-order valence-electron chi connectivity index (χ4n) is 3.85. The van der Waals surface area contributed by atoms with Crippen LogP contribution in [-0.2, 0) is 30.3 Å². The summed E-state index contributed by atoms with van der Waals surface area (Å²) in [5, 5.41) is -0.881. The number of alkyl halides is 1. The summed E-state index contributed by atoms with van der Waals surface area (Å²) in [6, 6.07) is 26.6. The second-order valence-corrected chi connectivity index (χ2v) is 8.70. The molecule has 0 radical (unpaired) electrons. The van der Waals surface area contributed by atoms with Gasteiger partial charge in [-0.1, -0.05) is 66.7 Å². The largest absolute Gasteiger partial charge is 0.453 e. The van der Waals surface area contributed by atoms with Gasteiger partial charge in [0.1, 0.15) is 11.5 Å². The number of benzene rings is 3. The molecule has 36 heavy (non-hydrogen) atoms. The third kappa shape index (κ3) is 6.50. The number of methoxy groups -OCH3 is 1. The fraction of sp³-hybridized carbons (Fsp3) is 0.286. The van der Waals surface area contributed by atoms with Crippen molar-refractivity contribution < 1.29 is 33.3 Å². The molecule has 0 N–H and O–H groups in total. The van der Waals surface area contributed by atoms with Crippen LogP contribution in [0.1, 0.15) is 26.3 Å². The number of ether oxygens (including phenoxy) is 5. The van der Waals surface area contributed by atoms with Gasteiger partial charge in [0.15, 0.2) is 18.5 Å². The molecule has 0 spiro atoms. The molecule has 8 heteroatoms. The van der Waals surface area contributed by atoms with Crippen molar-refractivity contribution in [2.24, 2.45) is 0 Å². The van der Waals surface area contributed by atoms with Gasteiger partial charge in [-0.3, -0.25) is 0 Å². The summed E-state index contributed by atoms with van der Waals surface area (Å²) in [7, 11) is 1.42. The normalized spacial score (nSPS) is 23.6. The molecule has 188 valence electrons. The Morgan fingerprint density at radius 3 is 1.81 bits per heavy atom. The summed E-state index contributed by atoms with van der Waals surface area (Å²) < 4.78 is 28.9. The number of esters is 2. The molecule has 5 atom stereocenters. The fourth-order valence-corrected chi connectivity index (χ4v) is 4.17. The van der Waals surface area contributed by atoms with E-state index in [1.807, 2.05) is 30.3 Å². The lowest BCUT2D eigenvalue weighted by molar-refractivity contribution is -0.261. The molecular formula is C28H27ClO7. The van der Waals surface area contributed by atoms with Gasteiger partial charge in [-0.25, -0.2) is 9.59 Å². The Kier molecular flexibility index (Phi) is 9.08. The van der Waals surface area contributed by atoms with Gasteiger partial charge in [0, 0.05) is 7.11 Å². The lowest BCUT2D eigenvalue weighted by Crippen LogP contribution is -2.60. The van der Waals surface area contributed by atoms with Crippen LogP contribution in [0.4, 0.5) is 0 Å². The second kappa shape index (κ2) is 12.6. The maximum atomic E-state index is 12.9. The first kappa shape index (κ1) is 25.9. The van der Waals surface area contributed by atoms with Crippen molar-refractivity contribution in [1.82, 2.24) is 0 Å². The summed E-state index contributed by atoms with van der Waals surface area (Å²) in [6.45, 7) is 0.463. The van der Waals surface area contributed by atoms with Gasteiger partial charge in [-0.15, -0.1) is 11.6 Å². The van der Waals surface area contributed by atoms with Crippen molar-refractivity contribution in [3.05, 3.63) is 108 Å². The van der Waals surface area contributed by atoms with Crippen LogP contribution in [0, 0.1) is 0 Å².